The molecule has 1 aliphatic rings. The van der Waals surface area contributed by atoms with E-state index in [-0.39, 0.29) is 11.7 Å². The monoisotopic (exact) mass is 279 g/mol. The summed E-state index contributed by atoms with van der Waals surface area (Å²) in [5, 5.41) is 5.99. The molecule has 1 amide bonds. The van der Waals surface area contributed by atoms with Gasteiger partial charge in [-0.25, -0.2) is 4.39 Å². The molecule has 0 aliphatic carbocycles. The van der Waals surface area contributed by atoms with E-state index in [2.05, 4.69) is 10.6 Å². The van der Waals surface area contributed by atoms with Gasteiger partial charge in [-0.15, -0.1) is 0 Å². The van der Waals surface area contributed by atoms with Gasteiger partial charge in [0.05, 0.1) is 5.69 Å². The van der Waals surface area contributed by atoms with E-state index in [0.29, 0.717) is 25.3 Å². The van der Waals surface area contributed by atoms with E-state index in [9.17, 15) is 9.18 Å². The maximum Gasteiger partial charge on any atom is 0.245 e. The van der Waals surface area contributed by atoms with Gasteiger partial charge in [0.2, 0.25) is 5.91 Å². The van der Waals surface area contributed by atoms with Crippen LogP contribution < -0.4 is 15.5 Å². The van der Waals surface area contributed by atoms with E-state index < -0.39 is 5.54 Å². The van der Waals surface area contributed by atoms with Crippen molar-refractivity contribution < 1.29 is 9.18 Å². The van der Waals surface area contributed by atoms with Crippen LogP contribution in [0.2, 0.25) is 0 Å². The topological polar surface area (TPSA) is 44.4 Å². The maximum absolute atomic E-state index is 14.3. The van der Waals surface area contributed by atoms with Crippen LogP contribution in [0.1, 0.15) is 26.3 Å². The van der Waals surface area contributed by atoms with E-state index in [0.717, 1.165) is 12.1 Å². The first-order valence-electron chi connectivity index (χ1n) is 7.02. The van der Waals surface area contributed by atoms with Gasteiger partial charge in [-0.2, -0.15) is 0 Å². The summed E-state index contributed by atoms with van der Waals surface area (Å²) in [6.45, 7) is 8.30. The van der Waals surface area contributed by atoms with E-state index in [1.807, 2.05) is 31.7 Å². The van der Waals surface area contributed by atoms with Crippen molar-refractivity contribution in [2.45, 2.75) is 32.9 Å². The molecule has 1 saturated heterocycles. The number of benzene rings is 1. The quantitative estimate of drug-likeness (QED) is 0.881. The van der Waals surface area contributed by atoms with E-state index in [1.54, 1.807) is 12.1 Å². The average Bonchev–Trinajstić information content (AvgIpc) is 2.40. The molecule has 1 fully saturated rings. The molecule has 0 spiro atoms. The molecule has 0 saturated carbocycles. The van der Waals surface area contributed by atoms with E-state index in [1.165, 1.54) is 0 Å². The Morgan fingerprint density at radius 1 is 1.45 bits per heavy atom. The third-order valence-electron chi connectivity index (χ3n) is 3.73. The van der Waals surface area contributed by atoms with Crippen LogP contribution in [0.25, 0.3) is 0 Å². The number of rotatable bonds is 4. The highest BCUT2D eigenvalue weighted by Crippen LogP contribution is 2.29. The van der Waals surface area contributed by atoms with Gasteiger partial charge in [0, 0.05) is 19.6 Å². The second kappa shape index (κ2) is 5.79. The van der Waals surface area contributed by atoms with Crippen molar-refractivity contribution in [2.75, 3.05) is 24.5 Å². The number of carbonyl (C=O) groups excluding carboxylic acids is 1. The van der Waals surface area contributed by atoms with Crippen molar-refractivity contribution in [3.63, 3.8) is 0 Å². The zero-order valence-corrected chi connectivity index (χ0v) is 12.3. The number of nitrogens with one attached hydrogen (secondary N) is 2. The highest BCUT2D eigenvalue weighted by Gasteiger charge is 2.38. The highest BCUT2D eigenvalue weighted by atomic mass is 19.1. The van der Waals surface area contributed by atoms with Gasteiger partial charge < -0.3 is 15.5 Å². The lowest BCUT2D eigenvalue weighted by Gasteiger charge is -2.43. The first-order valence-corrected chi connectivity index (χ1v) is 7.02. The normalized spacial score (nSPS) is 18.0. The number of hydrogen-bond acceptors (Lipinski definition) is 3. The molecule has 0 bridgehead atoms. The summed E-state index contributed by atoms with van der Waals surface area (Å²) in [5.41, 5.74) is 0.667. The molecule has 0 unspecified atom stereocenters. The first-order chi connectivity index (χ1) is 9.46. The van der Waals surface area contributed by atoms with Crippen molar-refractivity contribution in [2.24, 2.45) is 0 Å². The van der Waals surface area contributed by atoms with Crippen LogP contribution in [-0.2, 0) is 11.3 Å². The van der Waals surface area contributed by atoms with Crippen molar-refractivity contribution in [3.05, 3.63) is 29.6 Å². The number of piperazine rings is 1. The lowest BCUT2D eigenvalue weighted by molar-refractivity contribution is -0.126. The summed E-state index contributed by atoms with van der Waals surface area (Å²) in [6.07, 6.45) is 0. The van der Waals surface area contributed by atoms with Crippen LogP contribution in [-0.4, -0.2) is 31.1 Å². The molecular formula is C15H22FN3O. The van der Waals surface area contributed by atoms with Crippen molar-refractivity contribution in [3.8, 4) is 0 Å². The minimum Gasteiger partial charge on any atom is -0.353 e. The van der Waals surface area contributed by atoms with Crippen molar-refractivity contribution >= 4 is 11.6 Å². The molecule has 0 radical (unpaired) electrons. The van der Waals surface area contributed by atoms with Crippen LogP contribution in [0.3, 0.4) is 0 Å². The fraction of sp³-hybridized carbons (Fsp3) is 0.533. The lowest BCUT2D eigenvalue weighted by atomic mass is 9.97. The number of carbonyl (C=O) groups is 1. The Morgan fingerprint density at radius 2 is 2.20 bits per heavy atom. The fourth-order valence-corrected chi connectivity index (χ4v) is 2.47. The molecule has 110 valence electrons. The van der Waals surface area contributed by atoms with Crippen molar-refractivity contribution in [1.29, 1.82) is 0 Å². The first kappa shape index (κ1) is 14.8. The molecule has 4 nitrogen and oxygen atoms in total. The average molecular weight is 279 g/mol. The van der Waals surface area contributed by atoms with Gasteiger partial charge in [-0.3, -0.25) is 4.79 Å². The largest absolute Gasteiger partial charge is 0.353 e. The van der Waals surface area contributed by atoms with Crippen molar-refractivity contribution in [1.82, 2.24) is 10.6 Å². The Bertz CT molecular complexity index is 502. The van der Waals surface area contributed by atoms with Gasteiger partial charge in [0.15, 0.2) is 0 Å². The Kier molecular flexibility index (Phi) is 4.28. The summed E-state index contributed by atoms with van der Waals surface area (Å²) in [6, 6.07) is 5.21. The van der Waals surface area contributed by atoms with E-state index >= 15 is 0 Å². The lowest BCUT2D eigenvalue weighted by Crippen LogP contribution is -2.62. The maximum atomic E-state index is 14.3. The number of halogens is 1. The summed E-state index contributed by atoms with van der Waals surface area (Å²) in [4.78, 5) is 13.8. The van der Waals surface area contributed by atoms with Gasteiger partial charge in [-0.05, 0) is 38.1 Å². The van der Waals surface area contributed by atoms with E-state index in [4.69, 9.17) is 0 Å². The van der Waals surface area contributed by atoms with Crippen LogP contribution in [0, 0.1) is 5.82 Å². The Labute approximate surface area is 119 Å². The molecule has 1 aromatic carbocycles. The SMILES string of the molecule is CCNCc1ccc(N2CCNC(=O)C2(C)C)c(F)c1. The molecule has 1 heterocycles. The molecule has 0 atom stereocenters. The standard InChI is InChI=1S/C15H22FN3O/c1-4-17-10-11-5-6-13(12(16)9-11)19-8-7-18-14(20)15(19,2)3/h5-6,9,17H,4,7-8,10H2,1-3H3,(H,18,20). The summed E-state index contributed by atoms with van der Waals surface area (Å²) in [7, 11) is 0. The molecule has 1 aliphatic heterocycles. The Balaban J connectivity index is 2.26. The predicted octanol–water partition coefficient (Wildman–Crippen LogP) is 1.65. The molecule has 5 heteroatoms. The van der Waals surface area contributed by atoms with Crippen LogP contribution >= 0.6 is 0 Å². The second-order valence-corrected chi connectivity index (χ2v) is 5.53. The predicted molar refractivity (Wildman–Crippen MR) is 78.2 cm³/mol. The number of nitrogens with zero attached hydrogens (tertiary/aromatic N) is 1. The molecular weight excluding hydrogens is 257 g/mol. The molecule has 20 heavy (non-hydrogen) atoms. The molecule has 2 N–H and O–H groups in total. The third kappa shape index (κ3) is 2.77. The number of amides is 1. The van der Waals surface area contributed by atoms with Gasteiger partial charge in [-0.1, -0.05) is 13.0 Å². The molecule has 0 aromatic heterocycles. The summed E-state index contributed by atoms with van der Waals surface area (Å²) < 4.78 is 14.3. The third-order valence-corrected chi connectivity index (χ3v) is 3.73. The Morgan fingerprint density at radius 3 is 2.85 bits per heavy atom. The van der Waals surface area contributed by atoms with Gasteiger partial charge >= 0.3 is 0 Å². The fourth-order valence-electron chi connectivity index (χ4n) is 2.47. The second-order valence-electron chi connectivity index (χ2n) is 5.53. The summed E-state index contributed by atoms with van der Waals surface area (Å²) >= 11 is 0. The Hall–Kier alpha value is -1.62. The van der Waals surface area contributed by atoms with Crippen LogP contribution in [0.5, 0.6) is 0 Å². The minimum atomic E-state index is -0.734. The minimum absolute atomic E-state index is 0.0696. The van der Waals surface area contributed by atoms with Crippen LogP contribution in [0.4, 0.5) is 10.1 Å². The van der Waals surface area contributed by atoms with Gasteiger partial charge in [0.25, 0.3) is 0 Å². The van der Waals surface area contributed by atoms with Crippen LogP contribution in [0.15, 0.2) is 18.2 Å². The zero-order valence-electron chi connectivity index (χ0n) is 12.3. The molecule has 2 rings (SSSR count). The van der Waals surface area contributed by atoms with Gasteiger partial charge in [0.1, 0.15) is 11.4 Å². The number of hydrogen-bond donors (Lipinski definition) is 2. The smallest absolute Gasteiger partial charge is 0.245 e. The summed E-state index contributed by atoms with van der Waals surface area (Å²) in [5.74, 6) is -0.344. The number of anilines is 1. The highest BCUT2D eigenvalue weighted by molar-refractivity contribution is 5.90. The molecule has 1 aromatic rings. The zero-order chi connectivity index (χ0) is 14.8.